The molecule has 1 aliphatic heterocycles. The van der Waals surface area contributed by atoms with Gasteiger partial charge >= 0.3 is 0 Å². The lowest BCUT2D eigenvalue weighted by molar-refractivity contribution is 0.454. The number of nitrogens with zero attached hydrogens (tertiary/aromatic N) is 3. The minimum Gasteiger partial charge on any atom is -0.336 e. The highest BCUT2D eigenvalue weighted by Gasteiger charge is 2.20. The zero-order valence-corrected chi connectivity index (χ0v) is 16.8. The third-order valence-corrected chi connectivity index (χ3v) is 6.09. The predicted molar refractivity (Wildman–Crippen MR) is 119 cm³/mol. The van der Waals surface area contributed by atoms with E-state index in [0.717, 1.165) is 53.7 Å². The number of hydrogen-bond donors (Lipinski definition) is 3. The second kappa shape index (κ2) is 7.28. The average molecular weight is 412 g/mol. The lowest BCUT2D eigenvalue weighted by atomic mass is 9.94. The summed E-state index contributed by atoms with van der Waals surface area (Å²) in [6, 6.07) is 16.6. The van der Waals surface area contributed by atoms with Crippen LogP contribution in [0.5, 0.6) is 0 Å². The molecule has 31 heavy (non-hydrogen) atoms. The molecule has 2 aromatic carbocycles. The molecule has 0 unspecified atom stereocenters. The van der Waals surface area contributed by atoms with Gasteiger partial charge in [-0.05, 0) is 50.2 Å². The van der Waals surface area contributed by atoms with Crippen LogP contribution in [0.2, 0.25) is 0 Å². The largest absolute Gasteiger partial charge is 0.336 e. The van der Waals surface area contributed by atoms with E-state index in [1.54, 1.807) is 12.1 Å². The molecular weight excluding hydrogens is 391 g/mol. The van der Waals surface area contributed by atoms with Gasteiger partial charge in [-0.3, -0.25) is 5.10 Å². The highest BCUT2D eigenvalue weighted by molar-refractivity contribution is 5.96. The van der Waals surface area contributed by atoms with E-state index in [0.29, 0.717) is 28.5 Å². The Morgan fingerprint density at radius 3 is 2.52 bits per heavy atom. The normalized spacial score (nSPS) is 15.1. The molecule has 0 spiro atoms. The number of fused-ring (bicyclic) bond motifs is 2. The van der Waals surface area contributed by atoms with Crippen LogP contribution >= 0.6 is 0 Å². The van der Waals surface area contributed by atoms with E-state index in [1.165, 1.54) is 6.07 Å². The molecule has 0 atom stereocenters. The van der Waals surface area contributed by atoms with Crippen molar-refractivity contribution in [1.29, 1.82) is 0 Å². The number of hydrogen-bond acceptors (Lipinski definition) is 4. The van der Waals surface area contributed by atoms with Crippen LogP contribution in [0, 0.1) is 5.82 Å². The van der Waals surface area contributed by atoms with Crippen LogP contribution in [0.15, 0.2) is 54.6 Å². The number of aromatic nitrogens is 5. The predicted octanol–water partition coefficient (Wildman–Crippen LogP) is 4.77. The number of H-pyrrole nitrogens is 2. The molecule has 0 bridgehead atoms. The monoisotopic (exact) mass is 412 g/mol. The Morgan fingerprint density at radius 2 is 1.65 bits per heavy atom. The second-order valence-corrected chi connectivity index (χ2v) is 8.00. The Balaban J connectivity index is 1.48. The van der Waals surface area contributed by atoms with Crippen molar-refractivity contribution < 1.29 is 4.39 Å². The highest BCUT2D eigenvalue weighted by Crippen LogP contribution is 2.33. The molecule has 6 nitrogen and oxygen atoms in total. The van der Waals surface area contributed by atoms with Gasteiger partial charge < -0.3 is 10.3 Å². The molecule has 0 radical (unpaired) electrons. The molecule has 1 saturated heterocycles. The van der Waals surface area contributed by atoms with Crippen molar-refractivity contribution in [2.24, 2.45) is 0 Å². The Bertz CT molecular complexity index is 1400. The molecular formula is C24H21FN6. The number of imidazole rings is 1. The smallest absolute Gasteiger partial charge is 0.161 e. The summed E-state index contributed by atoms with van der Waals surface area (Å²) < 4.78 is 14.4. The molecule has 3 aromatic heterocycles. The summed E-state index contributed by atoms with van der Waals surface area (Å²) in [4.78, 5) is 13.1. The lowest BCUT2D eigenvalue weighted by Gasteiger charge is -2.22. The quantitative estimate of drug-likeness (QED) is 0.399. The molecule has 7 heteroatoms. The topological polar surface area (TPSA) is 82.3 Å². The fourth-order valence-electron chi connectivity index (χ4n) is 4.47. The SMILES string of the molecule is Fc1ccccc1-c1cccc2[nH]c(-c3n[nH]c4ccc(C5CCNCC5)nc34)nc12. The van der Waals surface area contributed by atoms with E-state index in [2.05, 4.69) is 26.6 Å². The van der Waals surface area contributed by atoms with Gasteiger partial charge in [0.15, 0.2) is 11.5 Å². The second-order valence-electron chi connectivity index (χ2n) is 8.00. The van der Waals surface area contributed by atoms with Gasteiger partial charge in [0.2, 0.25) is 0 Å². The number of rotatable bonds is 3. The van der Waals surface area contributed by atoms with Crippen LogP contribution in [0.25, 0.3) is 44.7 Å². The summed E-state index contributed by atoms with van der Waals surface area (Å²) in [5.74, 6) is 0.815. The zero-order valence-electron chi connectivity index (χ0n) is 16.8. The number of para-hydroxylation sites is 1. The molecule has 154 valence electrons. The number of benzene rings is 2. The molecule has 0 aliphatic carbocycles. The molecule has 0 saturated carbocycles. The van der Waals surface area contributed by atoms with Crippen LogP contribution in [0.4, 0.5) is 4.39 Å². The van der Waals surface area contributed by atoms with Gasteiger partial charge in [0.25, 0.3) is 0 Å². The summed E-state index contributed by atoms with van der Waals surface area (Å²) in [6.45, 7) is 2.04. The summed E-state index contributed by atoms with van der Waals surface area (Å²) in [6.07, 6.45) is 2.17. The van der Waals surface area contributed by atoms with E-state index >= 15 is 0 Å². The number of pyridine rings is 1. The van der Waals surface area contributed by atoms with E-state index in [9.17, 15) is 4.39 Å². The van der Waals surface area contributed by atoms with Crippen LogP contribution in [-0.4, -0.2) is 38.2 Å². The molecule has 1 fully saturated rings. The van der Waals surface area contributed by atoms with Gasteiger partial charge in [-0.15, -0.1) is 0 Å². The van der Waals surface area contributed by atoms with Gasteiger partial charge in [0.1, 0.15) is 11.3 Å². The van der Waals surface area contributed by atoms with E-state index in [1.807, 2.05) is 30.3 Å². The minimum atomic E-state index is -0.266. The number of piperidine rings is 1. The molecule has 4 heterocycles. The lowest BCUT2D eigenvalue weighted by Crippen LogP contribution is -2.27. The summed E-state index contributed by atoms with van der Waals surface area (Å²) in [5.41, 5.74) is 6.30. The maximum absolute atomic E-state index is 14.4. The molecule has 3 N–H and O–H groups in total. The van der Waals surface area contributed by atoms with Gasteiger partial charge in [0, 0.05) is 22.7 Å². The first-order valence-electron chi connectivity index (χ1n) is 10.6. The van der Waals surface area contributed by atoms with Crippen LogP contribution in [0.3, 0.4) is 0 Å². The van der Waals surface area contributed by atoms with Gasteiger partial charge in [-0.1, -0.05) is 30.3 Å². The molecule has 1 aliphatic rings. The fourth-order valence-corrected chi connectivity index (χ4v) is 4.47. The average Bonchev–Trinajstić information content (AvgIpc) is 3.43. The highest BCUT2D eigenvalue weighted by atomic mass is 19.1. The Hall–Kier alpha value is -3.58. The third-order valence-electron chi connectivity index (χ3n) is 6.09. The molecule has 5 aromatic rings. The van der Waals surface area contributed by atoms with Crippen molar-refractivity contribution in [1.82, 2.24) is 30.5 Å². The van der Waals surface area contributed by atoms with Crippen molar-refractivity contribution in [3.8, 4) is 22.6 Å². The zero-order chi connectivity index (χ0) is 20.8. The first kappa shape index (κ1) is 18.2. The standard InChI is InChI=1S/C24H21FN6/c25-17-6-2-1-4-15(17)16-5-3-7-19-21(16)29-24(28-19)23-22-20(30-31-23)9-8-18(27-22)14-10-12-26-13-11-14/h1-9,14,26H,10-13H2,(H,28,29)(H,30,31). The van der Waals surface area contributed by atoms with Crippen molar-refractivity contribution in [2.45, 2.75) is 18.8 Å². The van der Waals surface area contributed by atoms with Crippen molar-refractivity contribution in [2.75, 3.05) is 13.1 Å². The summed E-state index contributed by atoms with van der Waals surface area (Å²) in [7, 11) is 0. The minimum absolute atomic E-state index is 0.266. The Labute approximate surface area is 177 Å². The Kier molecular flexibility index (Phi) is 4.28. The summed E-state index contributed by atoms with van der Waals surface area (Å²) >= 11 is 0. The van der Waals surface area contributed by atoms with Crippen molar-refractivity contribution >= 4 is 22.1 Å². The van der Waals surface area contributed by atoms with Crippen LogP contribution in [0.1, 0.15) is 24.5 Å². The number of halogens is 1. The van der Waals surface area contributed by atoms with Gasteiger partial charge in [-0.2, -0.15) is 5.10 Å². The van der Waals surface area contributed by atoms with Crippen LogP contribution in [-0.2, 0) is 0 Å². The van der Waals surface area contributed by atoms with Gasteiger partial charge in [-0.25, -0.2) is 14.4 Å². The maximum Gasteiger partial charge on any atom is 0.161 e. The fraction of sp³-hybridized carbons (Fsp3) is 0.208. The van der Waals surface area contributed by atoms with Crippen molar-refractivity contribution in [3.63, 3.8) is 0 Å². The third kappa shape index (κ3) is 3.09. The number of aromatic amines is 2. The summed E-state index contributed by atoms with van der Waals surface area (Å²) in [5, 5.41) is 11.0. The van der Waals surface area contributed by atoms with Gasteiger partial charge in [0.05, 0.1) is 16.6 Å². The Morgan fingerprint density at radius 1 is 0.806 bits per heavy atom. The van der Waals surface area contributed by atoms with Crippen LogP contribution < -0.4 is 5.32 Å². The first-order chi connectivity index (χ1) is 15.3. The maximum atomic E-state index is 14.4. The number of nitrogens with one attached hydrogen (secondary N) is 3. The van der Waals surface area contributed by atoms with E-state index in [-0.39, 0.29) is 5.82 Å². The van der Waals surface area contributed by atoms with E-state index < -0.39 is 0 Å². The first-order valence-corrected chi connectivity index (χ1v) is 10.6. The molecule has 0 amide bonds. The van der Waals surface area contributed by atoms with E-state index in [4.69, 9.17) is 9.97 Å². The molecule has 6 rings (SSSR count). The van der Waals surface area contributed by atoms with Crippen molar-refractivity contribution in [3.05, 3.63) is 66.1 Å².